The Morgan fingerprint density at radius 2 is 2.05 bits per heavy atom. The molecule has 0 spiro atoms. The zero-order valence-corrected chi connectivity index (χ0v) is 11.2. The van der Waals surface area contributed by atoms with Crippen molar-refractivity contribution in [1.82, 2.24) is 15.3 Å². The van der Waals surface area contributed by atoms with Gasteiger partial charge in [0.1, 0.15) is 5.75 Å². The van der Waals surface area contributed by atoms with Crippen molar-refractivity contribution in [3.8, 4) is 11.6 Å². The van der Waals surface area contributed by atoms with Crippen LogP contribution in [-0.2, 0) is 0 Å². The Hall–Kier alpha value is -2.20. The highest BCUT2D eigenvalue weighted by Crippen LogP contribution is 2.22. The zero-order chi connectivity index (χ0) is 13.6. The van der Waals surface area contributed by atoms with Gasteiger partial charge in [0.15, 0.2) is 0 Å². The van der Waals surface area contributed by atoms with Crippen LogP contribution < -0.4 is 10.1 Å². The average Bonchev–Trinajstić information content (AvgIpc) is 2.50. The normalized spacial score (nSPS) is 14.9. The molecule has 4 heteroatoms. The van der Waals surface area contributed by atoms with Gasteiger partial charge < -0.3 is 10.1 Å². The summed E-state index contributed by atoms with van der Waals surface area (Å²) in [5.41, 5.74) is 2.66. The van der Waals surface area contributed by atoms with Crippen LogP contribution >= 0.6 is 0 Å². The third-order valence-corrected chi connectivity index (χ3v) is 3.24. The van der Waals surface area contributed by atoms with Crippen molar-refractivity contribution >= 4 is 6.08 Å². The van der Waals surface area contributed by atoms with E-state index in [9.17, 15) is 0 Å². The number of aromatic nitrogens is 2. The number of hydrogen-bond donors (Lipinski definition) is 1. The summed E-state index contributed by atoms with van der Waals surface area (Å²) in [5.74, 6) is 1.30. The van der Waals surface area contributed by atoms with E-state index >= 15 is 0 Å². The van der Waals surface area contributed by atoms with Crippen LogP contribution in [0.25, 0.3) is 6.08 Å². The second-order valence-electron chi connectivity index (χ2n) is 4.77. The predicted octanol–water partition coefficient (Wildman–Crippen LogP) is 3.04. The van der Waals surface area contributed by atoms with Gasteiger partial charge >= 0.3 is 0 Å². The predicted molar refractivity (Wildman–Crippen MR) is 78.6 cm³/mol. The van der Waals surface area contributed by atoms with Crippen LogP contribution in [0.4, 0.5) is 0 Å². The van der Waals surface area contributed by atoms with Crippen LogP contribution in [0.2, 0.25) is 0 Å². The lowest BCUT2D eigenvalue weighted by Crippen LogP contribution is -2.22. The molecule has 0 saturated carbocycles. The maximum Gasteiger partial charge on any atom is 0.237 e. The first-order valence-corrected chi connectivity index (χ1v) is 6.84. The molecule has 1 fully saturated rings. The van der Waals surface area contributed by atoms with E-state index in [1.54, 1.807) is 18.6 Å². The van der Waals surface area contributed by atoms with Crippen LogP contribution in [0, 0.1) is 0 Å². The van der Waals surface area contributed by atoms with Gasteiger partial charge in [-0.25, -0.2) is 4.98 Å². The number of ether oxygens (including phenoxy) is 1. The minimum absolute atomic E-state index is 0.513. The van der Waals surface area contributed by atoms with E-state index in [0.717, 1.165) is 31.7 Å². The summed E-state index contributed by atoms with van der Waals surface area (Å²) in [6.45, 7) is 2.14. The molecule has 1 saturated heterocycles. The Morgan fingerprint density at radius 1 is 1.15 bits per heavy atom. The largest absolute Gasteiger partial charge is 0.437 e. The minimum Gasteiger partial charge on any atom is -0.437 e. The summed E-state index contributed by atoms with van der Waals surface area (Å²) in [6, 6.07) is 8.06. The number of piperidine rings is 1. The van der Waals surface area contributed by atoms with Crippen LogP contribution in [-0.4, -0.2) is 23.1 Å². The smallest absolute Gasteiger partial charge is 0.237 e. The fourth-order valence-electron chi connectivity index (χ4n) is 2.25. The number of nitrogens with zero attached hydrogens (tertiary/aromatic N) is 2. The van der Waals surface area contributed by atoms with E-state index in [4.69, 9.17) is 4.74 Å². The Balaban J connectivity index is 1.75. The fraction of sp³-hybridized carbons (Fsp3) is 0.250. The maximum absolute atomic E-state index is 5.69. The van der Waals surface area contributed by atoms with Gasteiger partial charge in [0.05, 0.1) is 6.20 Å². The average molecular weight is 267 g/mol. The van der Waals surface area contributed by atoms with Gasteiger partial charge in [0.25, 0.3) is 0 Å². The summed E-state index contributed by atoms with van der Waals surface area (Å²) < 4.78 is 5.69. The molecule has 2 aromatic rings. The highest BCUT2D eigenvalue weighted by atomic mass is 16.5. The van der Waals surface area contributed by atoms with Crippen LogP contribution in [0.3, 0.4) is 0 Å². The highest BCUT2D eigenvalue weighted by molar-refractivity contribution is 5.55. The van der Waals surface area contributed by atoms with E-state index < -0.39 is 0 Å². The first-order valence-electron chi connectivity index (χ1n) is 6.84. The van der Waals surface area contributed by atoms with Gasteiger partial charge in [0.2, 0.25) is 5.88 Å². The molecule has 0 aliphatic carbocycles. The molecule has 1 aromatic carbocycles. The Morgan fingerprint density at radius 3 is 2.85 bits per heavy atom. The lowest BCUT2D eigenvalue weighted by atomic mass is 10.0. The zero-order valence-electron chi connectivity index (χ0n) is 11.2. The van der Waals surface area contributed by atoms with Gasteiger partial charge in [-0.15, -0.1) is 0 Å². The third kappa shape index (κ3) is 3.42. The van der Waals surface area contributed by atoms with Gasteiger partial charge in [-0.1, -0.05) is 23.8 Å². The number of nitrogens with one attached hydrogen (secondary N) is 1. The fourth-order valence-corrected chi connectivity index (χ4v) is 2.25. The summed E-state index contributed by atoms with van der Waals surface area (Å²) >= 11 is 0. The first-order chi connectivity index (χ1) is 9.90. The molecule has 0 unspecified atom stereocenters. The van der Waals surface area contributed by atoms with Crippen molar-refractivity contribution < 1.29 is 4.74 Å². The van der Waals surface area contributed by atoms with Gasteiger partial charge in [-0.05, 0) is 43.6 Å². The van der Waals surface area contributed by atoms with Crippen LogP contribution in [0.15, 0.2) is 48.4 Å². The van der Waals surface area contributed by atoms with Crippen molar-refractivity contribution in [3.63, 3.8) is 0 Å². The van der Waals surface area contributed by atoms with E-state index in [2.05, 4.69) is 27.4 Å². The molecular weight excluding hydrogens is 250 g/mol. The van der Waals surface area contributed by atoms with Crippen molar-refractivity contribution in [1.29, 1.82) is 0 Å². The molecule has 0 radical (unpaired) electrons. The van der Waals surface area contributed by atoms with Gasteiger partial charge in [0, 0.05) is 12.4 Å². The molecule has 102 valence electrons. The SMILES string of the molecule is C(=C1CCNCC1)c1cccc(Oc2cnccn2)c1. The van der Waals surface area contributed by atoms with Crippen molar-refractivity contribution in [3.05, 3.63) is 54.0 Å². The number of benzene rings is 1. The number of hydrogen-bond acceptors (Lipinski definition) is 4. The van der Waals surface area contributed by atoms with Crippen molar-refractivity contribution in [2.24, 2.45) is 0 Å². The Bertz CT molecular complexity index is 588. The minimum atomic E-state index is 0.513. The van der Waals surface area contributed by atoms with Gasteiger partial charge in [-0.3, -0.25) is 4.98 Å². The van der Waals surface area contributed by atoms with Crippen LogP contribution in [0.5, 0.6) is 11.6 Å². The molecule has 2 heterocycles. The van der Waals surface area contributed by atoms with E-state index in [-0.39, 0.29) is 0 Å². The van der Waals surface area contributed by atoms with Gasteiger partial charge in [-0.2, -0.15) is 0 Å². The standard InChI is InChI=1S/C16H17N3O/c1-2-14(10-13-4-6-17-7-5-13)11-15(3-1)20-16-12-18-8-9-19-16/h1-3,8-12,17H,4-7H2. The lowest BCUT2D eigenvalue weighted by molar-refractivity contribution is 0.460. The topological polar surface area (TPSA) is 47.0 Å². The highest BCUT2D eigenvalue weighted by Gasteiger charge is 2.05. The Kier molecular flexibility index (Phi) is 4.04. The molecule has 1 aliphatic rings. The van der Waals surface area contributed by atoms with Crippen LogP contribution in [0.1, 0.15) is 18.4 Å². The summed E-state index contributed by atoms with van der Waals surface area (Å²) in [5, 5.41) is 3.36. The Labute approximate surface area is 118 Å². The molecule has 1 aromatic heterocycles. The number of rotatable bonds is 3. The summed E-state index contributed by atoms with van der Waals surface area (Å²) in [6.07, 6.45) is 9.35. The quantitative estimate of drug-likeness (QED) is 0.928. The molecular formula is C16H17N3O. The van der Waals surface area contributed by atoms with E-state index in [1.807, 2.05) is 18.2 Å². The molecule has 0 amide bonds. The van der Waals surface area contributed by atoms with Crippen molar-refractivity contribution in [2.75, 3.05) is 13.1 Å². The summed E-state index contributed by atoms with van der Waals surface area (Å²) in [7, 11) is 0. The molecule has 4 nitrogen and oxygen atoms in total. The van der Waals surface area contributed by atoms with E-state index in [1.165, 1.54) is 11.1 Å². The molecule has 20 heavy (non-hydrogen) atoms. The van der Waals surface area contributed by atoms with Crippen molar-refractivity contribution in [2.45, 2.75) is 12.8 Å². The second kappa shape index (κ2) is 6.30. The second-order valence-corrected chi connectivity index (χ2v) is 4.77. The molecule has 1 aliphatic heterocycles. The summed E-state index contributed by atoms with van der Waals surface area (Å²) in [4.78, 5) is 8.10. The maximum atomic E-state index is 5.69. The third-order valence-electron chi connectivity index (χ3n) is 3.24. The molecule has 1 N–H and O–H groups in total. The lowest BCUT2D eigenvalue weighted by Gasteiger charge is -2.15. The monoisotopic (exact) mass is 267 g/mol. The molecule has 0 atom stereocenters. The first kappa shape index (κ1) is 12.8. The molecule has 0 bridgehead atoms. The molecule has 3 rings (SSSR count). The van der Waals surface area contributed by atoms with E-state index in [0.29, 0.717) is 5.88 Å².